The molecule has 3 rings (SSSR count). The molecule has 1 aliphatic heterocycles. The molecule has 0 radical (unpaired) electrons. The van der Waals surface area contributed by atoms with Gasteiger partial charge in [-0.1, -0.05) is 80.4 Å². The summed E-state index contributed by atoms with van der Waals surface area (Å²) in [5.74, 6) is 0.659. The molecule has 2 heteroatoms. The maximum Gasteiger partial charge on any atom is 0.0790 e. The topological polar surface area (TPSA) is 32.3 Å². The van der Waals surface area contributed by atoms with Gasteiger partial charge in [0.15, 0.2) is 0 Å². The Balaban J connectivity index is 1.49. The van der Waals surface area contributed by atoms with Crippen LogP contribution in [-0.2, 0) is 19.3 Å². The molecule has 2 atom stereocenters. The monoisotopic (exact) mass is 391 g/mol. The molecule has 2 nitrogen and oxygen atoms in total. The highest BCUT2D eigenvalue weighted by atomic mass is 16.3. The summed E-state index contributed by atoms with van der Waals surface area (Å²) in [5, 5.41) is 14.3. The van der Waals surface area contributed by atoms with Crippen molar-refractivity contribution in [1.29, 1.82) is 0 Å². The van der Waals surface area contributed by atoms with Crippen LogP contribution in [0.5, 0.6) is 0 Å². The van der Waals surface area contributed by atoms with E-state index in [0.717, 1.165) is 57.2 Å². The van der Waals surface area contributed by atoms with Crippen molar-refractivity contribution in [2.75, 3.05) is 13.1 Å². The SMILES string of the molecule is CCCC(C/C=C/Cc1ccccc1)CCC(O)c1ccc2c(c1)CCNCC2. The van der Waals surface area contributed by atoms with Crippen molar-refractivity contribution in [1.82, 2.24) is 5.32 Å². The molecule has 2 N–H and O–H groups in total. The van der Waals surface area contributed by atoms with Crippen LogP contribution in [0.2, 0.25) is 0 Å². The van der Waals surface area contributed by atoms with E-state index >= 15 is 0 Å². The fourth-order valence-electron chi connectivity index (χ4n) is 4.37. The molecule has 2 aromatic rings. The van der Waals surface area contributed by atoms with Crippen molar-refractivity contribution >= 4 is 0 Å². The molecule has 0 saturated heterocycles. The van der Waals surface area contributed by atoms with Crippen LogP contribution in [0.15, 0.2) is 60.7 Å². The van der Waals surface area contributed by atoms with Crippen molar-refractivity contribution in [2.45, 2.75) is 64.4 Å². The maximum absolute atomic E-state index is 10.8. The molecule has 0 saturated carbocycles. The van der Waals surface area contributed by atoms with Crippen LogP contribution in [0.3, 0.4) is 0 Å². The summed E-state index contributed by atoms with van der Waals surface area (Å²) in [5.41, 5.74) is 5.32. The number of hydrogen-bond acceptors (Lipinski definition) is 2. The molecule has 2 aromatic carbocycles. The molecule has 1 aliphatic rings. The number of hydrogen-bond donors (Lipinski definition) is 2. The van der Waals surface area contributed by atoms with Crippen LogP contribution in [-0.4, -0.2) is 18.2 Å². The van der Waals surface area contributed by atoms with Crippen LogP contribution in [0.4, 0.5) is 0 Å². The number of allylic oxidation sites excluding steroid dienone is 2. The number of aliphatic hydroxyl groups excluding tert-OH is 1. The highest BCUT2D eigenvalue weighted by Crippen LogP contribution is 2.27. The van der Waals surface area contributed by atoms with Gasteiger partial charge in [-0.15, -0.1) is 0 Å². The van der Waals surface area contributed by atoms with E-state index < -0.39 is 0 Å². The summed E-state index contributed by atoms with van der Waals surface area (Å²) < 4.78 is 0. The van der Waals surface area contributed by atoms with E-state index in [9.17, 15) is 5.11 Å². The third kappa shape index (κ3) is 7.13. The number of fused-ring (bicyclic) bond motifs is 1. The largest absolute Gasteiger partial charge is 0.388 e. The number of aliphatic hydroxyl groups is 1. The second-order valence-electron chi connectivity index (χ2n) is 8.42. The third-order valence-electron chi connectivity index (χ3n) is 6.14. The van der Waals surface area contributed by atoms with Gasteiger partial charge in [-0.3, -0.25) is 0 Å². The predicted molar refractivity (Wildman–Crippen MR) is 123 cm³/mol. The van der Waals surface area contributed by atoms with Gasteiger partial charge in [0.1, 0.15) is 0 Å². The Kier molecular flexibility index (Phi) is 8.98. The van der Waals surface area contributed by atoms with Crippen LogP contribution in [0.25, 0.3) is 0 Å². The molecule has 0 aromatic heterocycles. The van der Waals surface area contributed by atoms with Gasteiger partial charge < -0.3 is 10.4 Å². The summed E-state index contributed by atoms with van der Waals surface area (Å²) in [6.45, 7) is 4.36. The number of rotatable bonds is 10. The van der Waals surface area contributed by atoms with Crippen molar-refractivity contribution in [2.24, 2.45) is 5.92 Å². The van der Waals surface area contributed by atoms with Gasteiger partial charge in [-0.2, -0.15) is 0 Å². The van der Waals surface area contributed by atoms with Gasteiger partial charge in [0, 0.05) is 0 Å². The summed E-state index contributed by atoms with van der Waals surface area (Å²) in [4.78, 5) is 0. The fraction of sp³-hybridized carbons (Fsp3) is 0.481. The number of nitrogens with one attached hydrogen (secondary N) is 1. The first kappa shape index (κ1) is 21.8. The summed E-state index contributed by atoms with van der Waals surface area (Å²) in [7, 11) is 0. The second kappa shape index (κ2) is 11.9. The summed E-state index contributed by atoms with van der Waals surface area (Å²) in [6, 6.07) is 17.3. The first-order chi connectivity index (χ1) is 14.3. The minimum absolute atomic E-state index is 0.343. The first-order valence-electron chi connectivity index (χ1n) is 11.5. The summed E-state index contributed by atoms with van der Waals surface area (Å²) >= 11 is 0. The molecule has 1 heterocycles. The Morgan fingerprint density at radius 3 is 2.52 bits per heavy atom. The van der Waals surface area contributed by atoms with Crippen molar-refractivity contribution in [3.63, 3.8) is 0 Å². The Labute approximate surface area is 177 Å². The maximum atomic E-state index is 10.8. The zero-order valence-electron chi connectivity index (χ0n) is 17.9. The second-order valence-corrected chi connectivity index (χ2v) is 8.42. The van der Waals surface area contributed by atoms with Gasteiger partial charge in [0.25, 0.3) is 0 Å². The first-order valence-corrected chi connectivity index (χ1v) is 11.5. The summed E-state index contributed by atoms with van der Waals surface area (Å²) in [6.07, 6.45) is 13.0. The highest BCUT2D eigenvalue weighted by molar-refractivity contribution is 5.34. The quantitative estimate of drug-likeness (QED) is 0.502. The molecule has 0 fully saturated rings. The van der Waals surface area contributed by atoms with Crippen molar-refractivity contribution in [3.05, 3.63) is 82.9 Å². The number of benzene rings is 2. The van der Waals surface area contributed by atoms with E-state index in [4.69, 9.17) is 0 Å². The van der Waals surface area contributed by atoms with E-state index in [-0.39, 0.29) is 6.10 Å². The van der Waals surface area contributed by atoms with E-state index in [0.29, 0.717) is 5.92 Å². The fourth-order valence-corrected chi connectivity index (χ4v) is 4.37. The lowest BCUT2D eigenvalue weighted by Crippen LogP contribution is -2.16. The lowest BCUT2D eigenvalue weighted by molar-refractivity contribution is 0.155. The molecule has 0 aliphatic carbocycles. The minimum Gasteiger partial charge on any atom is -0.388 e. The normalized spacial score (nSPS) is 16.3. The van der Waals surface area contributed by atoms with Crippen LogP contribution in [0, 0.1) is 5.92 Å². The Hall–Kier alpha value is -1.90. The minimum atomic E-state index is -0.343. The van der Waals surface area contributed by atoms with Crippen LogP contribution < -0.4 is 5.32 Å². The van der Waals surface area contributed by atoms with E-state index in [1.165, 1.54) is 29.5 Å². The van der Waals surface area contributed by atoms with E-state index in [1.54, 1.807) is 0 Å². The van der Waals surface area contributed by atoms with Crippen LogP contribution in [0.1, 0.15) is 67.4 Å². The van der Waals surface area contributed by atoms with Gasteiger partial charge in [0.2, 0.25) is 0 Å². The average Bonchev–Trinajstić information content (AvgIpc) is 3.00. The Bertz CT molecular complexity index is 752. The molecular formula is C27H37NO. The zero-order chi connectivity index (χ0) is 20.3. The predicted octanol–water partition coefficient (Wildman–Crippen LogP) is 5.79. The van der Waals surface area contributed by atoms with E-state index in [2.05, 4.69) is 72.9 Å². The highest BCUT2D eigenvalue weighted by Gasteiger charge is 2.15. The van der Waals surface area contributed by atoms with Gasteiger partial charge in [-0.05, 0) is 79.8 Å². The molecule has 29 heavy (non-hydrogen) atoms. The molecule has 0 bridgehead atoms. The van der Waals surface area contributed by atoms with Crippen molar-refractivity contribution in [3.8, 4) is 0 Å². The standard InChI is InChI=1S/C27H37NO/c1-2-8-22(11-6-7-12-23-9-4-3-5-10-23)13-16-27(29)26-15-14-24-17-19-28-20-18-25(24)21-26/h3-7,9-10,14-15,21-22,27-29H,2,8,11-13,16-20H2,1H3/b7-6+. The molecule has 156 valence electrons. The van der Waals surface area contributed by atoms with Gasteiger partial charge in [0.05, 0.1) is 6.10 Å². The molecule has 0 spiro atoms. The smallest absolute Gasteiger partial charge is 0.0790 e. The zero-order valence-corrected chi connectivity index (χ0v) is 17.9. The molecular weight excluding hydrogens is 354 g/mol. The van der Waals surface area contributed by atoms with E-state index in [1.807, 2.05) is 0 Å². The van der Waals surface area contributed by atoms with Crippen LogP contribution >= 0.6 is 0 Å². The Morgan fingerprint density at radius 2 is 1.72 bits per heavy atom. The van der Waals surface area contributed by atoms with Gasteiger partial charge >= 0.3 is 0 Å². The Morgan fingerprint density at radius 1 is 0.931 bits per heavy atom. The van der Waals surface area contributed by atoms with Crippen molar-refractivity contribution < 1.29 is 5.11 Å². The van der Waals surface area contributed by atoms with Gasteiger partial charge in [-0.25, -0.2) is 0 Å². The average molecular weight is 392 g/mol. The molecule has 2 unspecified atom stereocenters. The lowest BCUT2D eigenvalue weighted by atomic mass is 9.90. The molecule has 0 amide bonds. The third-order valence-corrected chi connectivity index (χ3v) is 6.14. The lowest BCUT2D eigenvalue weighted by Gasteiger charge is -2.18.